The van der Waals surface area contributed by atoms with Crippen molar-refractivity contribution in [3.63, 3.8) is 0 Å². The Labute approximate surface area is 128 Å². The molecule has 1 saturated heterocycles. The Morgan fingerprint density at radius 2 is 1.91 bits per heavy atom. The standard InChI is InChI=1S/C14H14F4N2O3/c15-7-4-8(16)12(18)13(11(7)17)23-5-10(21)9(19)3-6-1-2-20-14(6)22/h4,6,9H,1-3,5,19H2,(H,20,22)/t6-,9?/m0/s1. The summed E-state index contributed by atoms with van der Waals surface area (Å²) in [5.74, 6) is -9.46. The Bertz CT molecular complexity index is 613. The van der Waals surface area contributed by atoms with Crippen LogP contribution in [0, 0.1) is 29.2 Å². The molecule has 2 atom stereocenters. The maximum atomic E-state index is 13.4. The lowest BCUT2D eigenvalue weighted by Gasteiger charge is -2.15. The molecule has 0 bridgehead atoms. The van der Waals surface area contributed by atoms with E-state index in [4.69, 9.17) is 5.73 Å². The molecule has 126 valence electrons. The molecule has 0 saturated carbocycles. The molecule has 0 radical (unpaired) electrons. The molecule has 0 aromatic heterocycles. The summed E-state index contributed by atoms with van der Waals surface area (Å²) in [6.45, 7) is -0.383. The van der Waals surface area contributed by atoms with Crippen LogP contribution >= 0.6 is 0 Å². The van der Waals surface area contributed by atoms with Crippen LogP contribution in [-0.4, -0.2) is 30.9 Å². The summed E-state index contributed by atoms with van der Waals surface area (Å²) in [6.07, 6.45) is 0.579. The highest BCUT2D eigenvalue weighted by atomic mass is 19.2. The quantitative estimate of drug-likeness (QED) is 0.602. The maximum Gasteiger partial charge on any atom is 0.223 e. The van der Waals surface area contributed by atoms with Gasteiger partial charge < -0.3 is 15.8 Å². The van der Waals surface area contributed by atoms with Crippen molar-refractivity contribution in [2.24, 2.45) is 11.7 Å². The lowest BCUT2D eigenvalue weighted by molar-refractivity contribution is -0.124. The smallest absolute Gasteiger partial charge is 0.223 e. The van der Waals surface area contributed by atoms with Gasteiger partial charge in [-0.15, -0.1) is 0 Å². The number of hydrogen-bond acceptors (Lipinski definition) is 4. The van der Waals surface area contributed by atoms with Crippen LogP contribution in [-0.2, 0) is 9.59 Å². The van der Waals surface area contributed by atoms with Gasteiger partial charge in [0, 0.05) is 18.5 Å². The molecule has 5 nitrogen and oxygen atoms in total. The van der Waals surface area contributed by atoms with E-state index in [1.54, 1.807) is 0 Å². The third-order valence-electron chi connectivity index (χ3n) is 3.55. The number of nitrogens with one attached hydrogen (secondary N) is 1. The molecule has 3 N–H and O–H groups in total. The number of amides is 1. The molecule has 1 aromatic rings. The second kappa shape index (κ2) is 6.95. The fraction of sp³-hybridized carbons (Fsp3) is 0.429. The number of benzene rings is 1. The van der Waals surface area contributed by atoms with E-state index >= 15 is 0 Å². The first-order valence-corrected chi connectivity index (χ1v) is 6.83. The second-order valence-corrected chi connectivity index (χ2v) is 5.17. The fourth-order valence-corrected chi connectivity index (χ4v) is 2.24. The van der Waals surface area contributed by atoms with Crippen molar-refractivity contribution in [3.8, 4) is 5.75 Å². The largest absolute Gasteiger partial charge is 0.479 e. The highest BCUT2D eigenvalue weighted by molar-refractivity contribution is 5.87. The Morgan fingerprint density at radius 1 is 1.30 bits per heavy atom. The Balaban J connectivity index is 1.98. The van der Waals surface area contributed by atoms with Crippen LogP contribution in [0.25, 0.3) is 0 Å². The number of carbonyl (C=O) groups is 2. The summed E-state index contributed by atoms with van der Waals surface area (Å²) < 4.78 is 57.3. The average Bonchev–Trinajstić information content (AvgIpc) is 2.90. The Morgan fingerprint density at radius 3 is 2.43 bits per heavy atom. The maximum absolute atomic E-state index is 13.4. The van der Waals surface area contributed by atoms with Crippen LogP contribution < -0.4 is 15.8 Å². The third-order valence-corrected chi connectivity index (χ3v) is 3.55. The zero-order valence-corrected chi connectivity index (χ0v) is 11.9. The molecule has 1 aromatic carbocycles. The number of ketones is 1. The average molecular weight is 334 g/mol. The van der Waals surface area contributed by atoms with Crippen molar-refractivity contribution in [2.75, 3.05) is 13.2 Å². The number of Topliss-reactive ketones (excluding diaryl/α,β-unsaturated/α-hetero) is 1. The van der Waals surface area contributed by atoms with Gasteiger partial charge in [0.1, 0.15) is 6.61 Å². The molecule has 0 aliphatic carbocycles. The lowest BCUT2D eigenvalue weighted by Crippen LogP contribution is -2.37. The van der Waals surface area contributed by atoms with Crippen molar-refractivity contribution in [1.82, 2.24) is 5.32 Å². The van der Waals surface area contributed by atoms with Gasteiger partial charge in [0.2, 0.25) is 17.5 Å². The van der Waals surface area contributed by atoms with E-state index in [2.05, 4.69) is 10.1 Å². The van der Waals surface area contributed by atoms with E-state index in [0.29, 0.717) is 13.0 Å². The number of carbonyl (C=O) groups excluding carboxylic acids is 2. The minimum Gasteiger partial charge on any atom is -0.479 e. The molecule has 1 fully saturated rings. The van der Waals surface area contributed by atoms with Crippen LogP contribution in [0.15, 0.2) is 6.07 Å². The molecule has 0 spiro atoms. The van der Waals surface area contributed by atoms with Crippen LogP contribution in [0.2, 0.25) is 0 Å². The van der Waals surface area contributed by atoms with Gasteiger partial charge in [0.05, 0.1) is 6.04 Å². The van der Waals surface area contributed by atoms with E-state index < -0.39 is 53.4 Å². The van der Waals surface area contributed by atoms with Gasteiger partial charge in [-0.25, -0.2) is 8.78 Å². The van der Waals surface area contributed by atoms with Gasteiger partial charge in [0.25, 0.3) is 0 Å². The summed E-state index contributed by atoms with van der Waals surface area (Å²) in [5.41, 5.74) is 5.61. The molecule has 9 heteroatoms. The van der Waals surface area contributed by atoms with Crippen LogP contribution in [0.1, 0.15) is 12.8 Å². The minimum atomic E-state index is -1.74. The zero-order chi connectivity index (χ0) is 17.1. The topological polar surface area (TPSA) is 81.4 Å². The summed E-state index contributed by atoms with van der Waals surface area (Å²) in [4.78, 5) is 23.2. The van der Waals surface area contributed by atoms with Gasteiger partial charge in [0.15, 0.2) is 23.2 Å². The first-order chi connectivity index (χ1) is 10.8. The number of nitrogens with two attached hydrogens (primary N) is 1. The van der Waals surface area contributed by atoms with Gasteiger partial charge in [-0.3, -0.25) is 9.59 Å². The predicted molar refractivity (Wildman–Crippen MR) is 70.5 cm³/mol. The van der Waals surface area contributed by atoms with Gasteiger partial charge in [-0.1, -0.05) is 0 Å². The van der Waals surface area contributed by atoms with Crippen molar-refractivity contribution < 1.29 is 31.9 Å². The van der Waals surface area contributed by atoms with Gasteiger partial charge in [-0.05, 0) is 12.8 Å². The summed E-state index contributed by atoms with van der Waals surface area (Å²) in [5, 5.41) is 2.58. The van der Waals surface area contributed by atoms with E-state index in [9.17, 15) is 27.2 Å². The predicted octanol–water partition coefficient (Wildman–Crippen LogP) is 1.04. The van der Waals surface area contributed by atoms with Gasteiger partial charge >= 0.3 is 0 Å². The molecule has 1 amide bonds. The van der Waals surface area contributed by atoms with Crippen molar-refractivity contribution in [2.45, 2.75) is 18.9 Å². The number of ether oxygens (including phenoxy) is 1. The van der Waals surface area contributed by atoms with E-state index in [1.165, 1.54) is 0 Å². The summed E-state index contributed by atoms with van der Waals surface area (Å²) in [6, 6.07) is -1.06. The van der Waals surface area contributed by atoms with E-state index in [1.807, 2.05) is 0 Å². The second-order valence-electron chi connectivity index (χ2n) is 5.17. The Hall–Kier alpha value is -2.16. The fourth-order valence-electron chi connectivity index (χ4n) is 2.24. The van der Waals surface area contributed by atoms with Crippen LogP contribution in [0.5, 0.6) is 5.75 Å². The third kappa shape index (κ3) is 3.79. The first-order valence-electron chi connectivity index (χ1n) is 6.83. The van der Waals surface area contributed by atoms with Crippen molar-refractivity contribution >= 4 is 11.7 Å². The molecule has 2 rings (SSSR count). The normalized spacial score (nSPS) is 18.7. The monoisotopic (exact) mass is 334 g/mol. The van der Waals surface area contributed by atoms with Crippen LogP contribution in [0.4, 0.5) is 17.6 Å². The molecule has 1 aliphatic rings. The van der Waals surface area contributed by atoms with Crippen molar-refractivity contribution in [3.05, 3.63) is 29.3 Å². The molecular weight excluding hydrogens is 320 g/mol. The molecule has 1 aliphatic heterocycles. The molecular formula is C14H14F4N2O3. The van der Waals surface area contributed by atoms with E-state index in [-0.39, 0.29) is 18.4 Å². The lowest BCUT2D eigenvalue weighted by atomic mass is 9.97. The summed E-state index contributed by atoms with van der Waals surface area (Å²) in [7, 11) is 0. The van der Waals surface area contributed by atoms with Crippen molar-refractivity contribution in [1.29, 1.82) is 0 Å². The van der Waals surface area contributed by atoms with E-state index in [0.717, 1.165) is 0 Å². The number of hydrogen-bond donors (Lipinski definition) is 2. The highest BCUT2D eigenvalue weighted by Crippen LogP contribution is 2.26. The SMILES string of the molecule is NC(C[C@@H]1CCNC1=O)C(=O)COc1c(F)c(F)cc(F)c1F. The minimum absolute atomic E-state index is 0.0315. The molecule has 1 unspecified atom stereocenters. The molecule has 1 heterocycles. The van der Waals surface area contributed by atoms with Crippen LogP contribution in [0.3, 0.4) is 0 Å². The number of halogens is 4. The summed E-state index contributed by atoms with van der Waals surface area (Å²) >= 11 is 0. The first kappa shape index (κ1) is 17.2. The van der Waals surface area contributed by atoms with Gasteiger partial charge in [-0.2, -0.15) is 8.78 Å². The molecule has 23 heavy (non-hydrogen) atoms. The number of rotatable bonds is 6. The highest BCUT2D eigenvalue weighted by Gasteiger charge is 2.29. The zero-order valence-electron chi connectivity index (χ0n) is 11.9. The Kier molecular flexibility index (Phi) is 5.19.